The second kappa shape index (κ2) is 8.61. The molecule has 2 aromatic rings. The van der Waals surface area contributed by atoms with Gasteiger partial charge in [0.15, 0.2) is 6.61 Å². The lowest BCUT2D eigenvalue weighted by Gasteiger charge is -2.14. The molecule has 0 spiro atoms. The molecule has 152 valence electrons. The van der Waals surface area contributed by atoms with Crippen molar-refractivity contribution in [3.63, 3.8) is 0 Å². The van der Waals surface area contributed by atoms with Crippen molar-refractivity contribution >= 4 is 16.0 Å². The Morgan fingerprint density at radius 2 is 1.68 bits per heavy atom. The van der Waals surface area contributed by atoms with Crippen molar-refractivity contribution in [2.45, 2.75) is 23.9 Å². The van der Waals surface area contributed by atoms with Gasteiger partial charge in [0.05, 0.1) is 10.5 Å². The Kier molecular flexibility index (Phi) is 6.68. The lowest BCUT2D eigenvalue weighted by molar-refractivity contribution is -0.139. The summed E-state index contributed by atoms with van der Waals surface area (Å²) in [5, 5.41) is 8.57. The Hall–Kier alpha value is -2.59. The predicted octanol–water partition coefficient (Wildman–Crippen LogP) is 3.25. The van der Waals surface area contributed by atoms with Gasteiger partial charge in [-0.05, 0) is 47.9 Å². The summed E-state index contributed by atoms with van der Waals surface area (Å²) >= 11 is 0. The first-order valence-corrected chi connectivity index (χ1v) is 9.59. The van der Waals surface area contributed by atoms with E-state index < -0.39 is 34.3 Å². The highest BCUT2D eigenvalue weighted by molar-refractivity contribution is 7.89. The van der Waals surface area contributed by atoms with Crippen LogP contribution in [0.1, 0.15) is 24.0 Å². The lowest BCUT2D eigenvalue weighted by atomic mass is 10.0. The number of aliphatic carboxylic acids is 1. The van der Waals surface area contributed by atoms with Crippen LogP contribution in [0.25, 0.3) is 0 Å². The van der Waals surface area contributed by atoms with Crippen molar-refractivity contribution in [1.29, 1.82) is 0 Å². The first-order chi connectivity index (χ1) is 13.0. The van der Waals surface area contributed by atoms with Gasteiger partial charge in [-0.1, -0.05) is 19.1 Å². The zero-order chi connectivity index (χ0) is 20.9. The summed E-state index contributed by atoms with van der Waals surface area (Å²) in [6.07, 6.45) is -4.54. The monoisotopic (exact) mass is 417 g/mol. The highest BCUT2D eigenvalue weighted by atomic mass is 32.2. The number of ether oxygens (including phenoxy) is 1. The lowest BCUT2D eigenvalue weighted by Crippen LogP contribution is -2.27. The molecule has 0 saturated heterocycles. The molecule has 0 heterocycles. The van der Waals surface area contributed by atoms with E-state index >= 15 is 0 Å². The van der Waals surface area contributed by atoms with Gasteiger partial charge >= 0.3 is 12.1 Å². The molecule has 0 radical (unpaired) electrons. The van der Waals surface area contributed by atoms with Crippen molar-refractivity contribution in [1.82, 2.24) is 4.72 Å². The van der Waals surface area contributed by atoms with Crippen molar-refractivity contribution in [2.24, 2.45) is 0 Å². The van der Waals surface area contributed by atoms with E-state index in [2.05, 4.69) is 4.72 Å². The number of carboxylic acid groups (broad SMARTS) is 1. The molecule has 2 rings (SSSR count). The van der Waals surface area contributed by atoms with E-state index in [4.69, 9.17) is 9.84 Å². The molecular weight excluding hydrogens is 399 g/mol. The van der Waals surface area contributed by atoms with Gasteiger partial charge in [0, 0.05) is 6.54 Å². The molecule has 0 aliphatic carbocycles. The van der Waals surface area contributed by atoms with Crippen molar-refractivity contribution < 1.29 is 36.2 Å². The molecule has 1 unspecified atom stereocenters. The van der Waals surface area contributed by atoms with E-state index in [1.165, 1.54) is 0 Å². The third-order valence-corrected chi connectivity index (χ3v) is 5.32. The zero-order valence-electron chi connectivity index (χ0n) is 14.7. The van der Waals surface area contributed by atoms with Crippen LogP contribution in [-0.4, -0.2) is 32.6 Å². The van der Waals surface area contributed by atoms with Gasteiger partial charge in [-0.25, -0.2) is 17.9 Å². The van der Waals surface area contributed by atoms with Gasteiger partial charge in [-0.15, -0.1) is 0 Å². The molecule has 1 atom stereocenters. The molecule has 10 heteroatoms. The Balaban J connectivity index is 1.99. The number of halogens is 3. The molecule has 0 aliphatic heterocycles. The minimum atomic E-state index is -4.54. The van der Waals surface area contributed by atoms with Crippen LogP contribution < -0.4 is 9.46 Å². The van der Waals surface area contributed by atoms with Crippen LogP contribution in [0, 0.1) is 0 Å². The third kappa shape index (κ3) is 5.96. The number of hydrogen-bond donors (Lipinski definition) is 2. The van der Waals surface area contributed by atoms with Gasteiger partial charge in [0.1, 0.15) is 5.75 Å². The number of rotatable bonds is 8. The summed E-state index contributed by atoms with van der Waals surface area (Å²) in [5.74, 6) is -0.975. The minimum Gasteiger partial charge on any atom is -0.482 e. The van der Waals surface area contributed by atoms with E-state index in [1.54, 1.807) is 31.2 Å². The van der Waals surface area contributed by atoms with E-state index in [9.17, 15) is 26.4 Å². The Morgan fingerprint density at radius 3 is 2.18 bits per heavy atom. The third-order valence-electron chi connectivity index (χ3n) is 3.88. The highest BCUT2D eigenvalue weighted by Gasteiger charge is 2.30. The summed E-state index contributed by atoms with van der Waals surface area (Å²) in [6, 6.07) is 9.73. The molecule has 0 aromatic heterocycles. The van der Waals surface area contributed by atoms with Gasteiger partial charge in [-0.2, -0.15) is 13.2 Å². The first-order valence-electron chi connectivity index (χ1n) is 8.10. The van der Waals surface area contributed by atoms with E-state index in [1.807, 2.05) is 0 Å². The predicted molar refractivity (Wildman–Crippen MR) is 94.6 cm³/mol. The SMILES string of the molecule is CC(CNS(=O)(=O)c1ccc(C(F)(F)F)cc1)c1ccc(OCC(=O)O)cc1. The van der Waals surface area contributed by atoms with Crippen LogP contribution in [0.5, 0.6) is 5.75 Å². The van der Waals surface area contributed by atoms with E-state index in [0.717, 1.165) is 17.7 Å². The Labute approximate surface area is 160 Å². The van der Waals surface area contributed by atoms with Gasteiger partial charge in [0.25, 0.3) is 0 Å². The fourth-order valence-electron chi connectivity index (χ4n) is 2.30. The molecule has 0 saturated carbocycles. The number of nitrogens with one attached hydrogen (secondary N) is 1. The van der Waals surface area contributed by atoms with Gasteiger partial charge < -0.3 is 9.84 Å². The van der Waals surface area contributed by atoms with Crippen LogP contribution in [0.4, 0.5) is 13.2 Å². The smallest absolute Gasteiger partial charge is 0.416 e. The summed E-state index contributed by atoms with van der Waals surface area (Å²) in [6.45, 7) is 1.32. The normalized spacial score (nSPS) is 13.1. The number of carbonyl (C=O) groups is 1. The molecule has 2 N–H and O–H groups in total. The minimum absolute atomic E-state index is 0.0265. The Bertz CT molecular complexity index is 910. The van der Waals surface area contributed by atoms with Crippen LogP contribution in [-0.2, 0) is 21.0 Å². The molecule has 0 aliphatic rings. The Morgan fingerprint density at radius 1 is 1.11 bits per heavy atom. The quantitative estimate of drug-likeness (QED) is 0.688. The van der Waals surface area contributed by atoms with Gasteiger partial charge in [0.2, 0.25) is 10.0 Å². The fraction of sp³-hybridized carbons (Fsp3) is 0.278. The van der Waals surface area contributed by atoms with Crippen LogP contribution in [0.3, 0.4) is 0 Å². The van der Waals surface area contributed by atoms with Crippen molar-refractivity contribution in [2.75, 3.05) is 13.2 Å². The molecular formula is C18H18F3NO5S. The number of hydrogen-bond acceptors (Lipinski definition) is 4. The maximum atomic E-state index is 12.6. The number of alkyl halides is 3. The van der Waals surface area contributed by atoms with Crippen molar-refractivity contribution in [3.8, 4) is 5.75 Å². The van der Waals surface area contributed by atoms with E-state index in [-0.39, 0.29) is 17.4 Å². The summed E-state index contributed by atoms with van der Waals surface area (Å²) < 4.78 is 69.6. The highest BCUT2D eigenvalue weighted by Crippen LogP contribution is 2.29. The standard InChI is InChI=1S/C18H18F3NO5S/c1-12(13-2-6-15(7-3-13)27-11-17(23)24)10-22-28(25,26)16-8-4-14(5-9-16)18(19,20)21/h2-9,12,22H,10-11H2,1H3,(H,23,24). The zero-order valence-corrected chi connectivity index (χ0v) is 15.5. The average Bonchev–Trinajstić information content (AvgIpc) is 2.64. The van der Waals surface area contributed by atoms with Crippen LogP contribution in [0.2, 0.25) is 0 Å². The number of carboxylic acids is 1. The maximum absolute atomic E-state index is 12.6. The largest absolute Gasteiger partial charge is 0.482 e. The topological polar surface area (TPSA) is 92.7 Å². The molecule has 0 amide bonds. The molecule has 6 nitrogen and oxygen atoms in total. The average molecular weight is 417 g/mol. The summed E-state index contributed by atoms with van der Waals surface area (Å²) in [4.78, 5) is 10.2. The number of benzene rings is 2. The summed E-state index contributed by atoms with van der Waals surface area (Å²) in [5.41, 5.74) is -0.150. The first kappa shape index (κ1) is 21.7. The second-order valence-corrected chi connectivity index (χ2v) is 7.79. The van der Waals surface area contributed by atoms with Crippen LogP contribution in [0.15, 0.2) is 53.4 Å². The molecule has 0 fully saturated rings. The number of sulfonamides is 1. The van der Waals surface area contributed by atoms with Crippen molar-refractivity contribution in [3.05, 3.63) is 59.7 Å². The fourth-order valence-corrected chi connectivity index (χ4v) is 3.43. The van der Waals surface area contributed by atoms with Gasteiger partial charge in [-0.3, -0.25) is 0 Å². The molecule has 2 aromatic carbocycles. The molecule has 28 heavy (non-hydrogen) atoms. The molecule has 0 bridgehead atoms. The van der Waals surface area contributed by atoms with E-state index in [0.29, 0.717) is 17.9 Å². The van der Waals surface area contributed by atoms with Crippen LogP contribution >= 0.6 is 0 Å². The summed E-state index contributed by atoms with van der Waals surface area (Å²) in [7, 11) is -3.96. The second-order valence-electron chi connectivity index (χ2n) is 6.03. The maximum Gasteiger partial charge on any atom is 0.416 e.